The molecule has 4 N–H and O–H groups in total. The normalized spacial score (nSPS) is 15.3. The molecule has 2 unspecified atom stereocenters. The minimum absolute atomic E-state index is 0.0644. The molecule has 122 heavy (non-hydrogen) atoms. The third-order valence-corrected chi connectivity index (χ3v) is 25.6. The average Bonchev–Trinajstić information content (AvgIpc) is 1.64. The van der Waals surface area contributed by atoms with Crippen LogP contribution in [0.5, 0.6) is 0 Å². The van der Waals surface area contributed by atoms with Gasteiger partial charge in [0.15, 0.2) is 23.3 Å². The van der Waals surface area contributed by atoms with Crippen LogP contribution < -0.4 is 32.0 Å². The summed E-state index contributed by atoms with van der Waals surface area (Å²) in [6, 6.07) is 58.7. The fraction of sp³-hybridized carbons (Fsp3) is 0.209. The van der Waals surface area contributed by atoms with Crippen LogP contribution in [0.15, 0.2) is 247 Å². The van der Waals surface area contributed by atoms with E-state index in [0.717, 1.165) is 39.0 Å². The summed E-state index contributed by atoms with van der Waals surface area (Å²) in [6.45, 7) is 12.6. The number of amides is 4. The fourth-order valence-corrected chi connectivity index (χ4v) is 18.9. The Bertz CT molecular complexity index is 6730. The Labute approximate surface area is 713 Å². The van der Waals surface area contributed by atoms with Crippen LogP contribution in [0.4, 0.5) is 11.4 Å². The van der Waals surface area contributed by atoms with E-state index >= 15 is 0 Å². The fourth-order valence-electron chi connectivity index (χ4n) is 15.4. The number of carbonyl (C=O) groups is 4. The first-order valence-corrected chi connectivity index (χ1v) is 43.3. The van der Waals surface area contributed by atoms with Crippen molar-refractivity contribution in [2.75, 3.05) is 94.9 Å². The number of thiophene rings is 4. The van der Waals surface area contributed by atoms with E-state index in [1.165, 1.54) is 79.0 Å². The number of aryl methyl sites for hydroxylation is 2. The number of likely N-dealkylation sites (tertiary alicyclic amines) is 1. The van der Waals surface area contributed by atoms with E-state index in [1.807, 2.05) is 87.5 Å². The van der Waals surface area contributed by atoms with E-state index in [1.54, 1.807) is 99.7 Å². The second-order valence-corrected chi connectivity index (χ2v) is 33.1. The van der Waals surface area contributed by atoms with Crippen molar-refractivity contribution >= 4 is 121 Å². The van der Waals surface area contributed by atoms with E-state index in [0.29, 0.717) is 174 Å². The van der Waals surface area contributed by atoms with Gasteiger partial charge in [-0.2, -0.15) is 0 Å². The second-order valence-electron chi connectivity index (χ2n) is 29.6. The smallest absolute Gasteiger partial charge is 0.269 e. The number of aromatic nitrogens is 12. The molecule has 4 amide bonds. The van der Waals surface area contributed by atoms with Crippen LogP contribution in [0.2, 0.25) is 0 Å². The molecule has 0 radical (unpaired) electrons. The molecule has 4 saturated heterocycles. The number of pyridine rings is 4. The molecule has 4 fully saturated rings. The number of benzene rings is 4. The Morgan fingerprint density at radius 1 is 0.393 bits per heavy atom. The molecule has 16 aromatic rings. The van der Waals surface area contributed by atoms with Crippen LogP contribution in [-0.4, -0.2) is 194 Å². The zero-order valence-corrected chi connectivity index (χ0v) is 69.5. The molecule has 4 aliphatic rings. The maximum absolute atomic E-state index is 13.3. The number of nitrogens with one attached hydrogen (secondary N) is 4. The maximum Gasteiger partial charge on any atom is 0.269 e. The van der Waals surface area contributed by atoms with Crippen LogP contribution in [0.1, 0.15) is 76.0 Å². The predicted octanol–water partition coefficient (Wildman–Crippen LogP) is 13.4. The van der Waals surface area contributed by atoms with Crippen molar-refractivity contribution in [3.63, 3.8) is 0 Å². The molecule has 2 atom stereocenters. The Morgan fingerprint density at radius 3 is 1.19 bits per heavy atom. The van der Waals surface area contributed by atoms with E-state index < -0.39 is 0 Å². The first kappa shape index (κ1) is 80.7. The third-order valence-electron chi connectivity index (χ3n) is 21.7. The lowest BCUT2D eigenvalue weighted by atomic mass is 9.99. The van der Waals surface area contributed by atoms with Crippen LogP contribution in [0, 0.1) is 13.8 Å². The van der Waals surface area contributed by atoms with Gasteiger partial charge in [-0.1, -0.05) is 115 Å². The number of fused-ring (bicyclic) bond motifs is 4. The van der Waals surface area contributed by atoms with Crippen molar-refractivity contribution in [1.29, 1.82) is 0 Å². The maximum atomic E-state index is 13.3. The lowest BCUT2D eigenvalue weighted by Gasteiger charge is -2.36. The molecule has 4 aromatic carbocycles. The molecule has 0 bridgehead atoms. The molecular weight excluding hydrogens is 1620 g/mol. The lowest BCUT2D eigenvalue weighted by Crippen LogP contribution is -2.49. The van der Waals surface area contributed by atoms with Gasteiger partial charge in [0.25, 0.3) is 45.9 Å². The number of carbonyl (C=O) groups excluding carboxylic acids is 4. The predicted molar refractivity (Wildman–Crippen MR) is 478 cm³/mol. The van der Waals surface area contributed by atoms with Gasteiger partial charge in [-0.05, 0) is 109 Å². The summed E-state index contributed by atoms with van der Waals surface area (Å²) < 4.78 is 7.72. The van der Waals surface area contributed by atoms with Gasteiger partial charge in [0, 0.05) is 149 Å². The highest BCUT2D eigenvalue weighted by Crippen LogP contribution is 2.34. The van der Waals surface area contributed by atoms with Crippen molar-refractivity contribution in [3.8, 4) is 46.1 Å². The number of hydrogen-bond acceptors (Lipinski definition) is 23. The number of rotatable bonds is 13. The molecule has 0 aliphatic carbocycles. The highest BCUT2D eigenvalue weighted by molar-refractivity contribution is 7.18. The molecule has 20 rings (SSSR count). The molecule has 27 nitrogen and oxygen atoms in total. The number of nitrogens with zero attached hydrogens (tertiary/aromatic N) is 14. The van der Waals surface area contributed by atoms with E-state index in [9.17, 15) is 38.4 Å². The van der Waals surface area contributed by atoms with E-state index in [-0.39, 0.29) is 52.0 Å². The molecule has 16 heterocycles. The Morgan fingerprint density at radius 2 is 0.779 bits per heavy atom. The summed E-state index contributed by atoms with van der Waals surface area (Å²) in [5.41, 5.74) is 12.2. The minimum Gasteiger partial charge on any atom is -0.374 e. The van der Waals surface area contributed by atoms with Gasteiger partial charge in [0.05, 0.1) is 35.0 Å². The monoisotopic (exact) mass is 1700 g/mol. The minimum atomic E-state index is -0.265. The lowest BCUT2D eigenvalue weighted by molar-refractivity contribution is -0.0207. The molecule has 612 valence electrons. The number of aromatic amines is 4. The largest absolute Gasteiger partial charge is 0.374 e. The number of piperazine rings is 2. The zero-order chi connectivity index (χ0) is 83.7. The van der Waals surface area contributed by atoms with Crippen molar-refractivity contribution in [1.82, 2.24) is 79.4 Å². The first-order chi connectivity index (χ1) is 59.6. The number of H-pyrrole nitrogens is 4. The zero-order valence-electron chi connectivity index (χ0n) is 66.3. The first-order valence-electron chi connectivity index (χ1n) is 39.8. The highest BCUT2D eigenvalue weighted by atomic mass is 32.1. The molecule has 4 aliphatic heterocycles. The molecule has 0 saturated carbocycles. The van der Waals surface area contributed by atoms with E-state index in [4.69, 9.17) is 4.74 Å². The van der Waals surface area contributed by atoms with Gasteiger partial charge in [0.1, 0.15) is 63.6 Å². The van der Waals surface area contributed by atoms with Crippen LogP contribution in [-0.2, 0) is 11.2 Å². The Hall–Kier alpha value is -13.7. The average molecular weight is 1700 g/mol. The SMILES string of the molecule is Cc1cccc(N2CCN(C(=O)c3csc4c(=O)[nH]c(-c5ccccn5)nc34)CC2)c1.Cc1ccccc1N1CCN(C(=O)c2csc3c(=O)[nH]c(-c4ccccn4)nc23)CC1.O=C(c1csc2c(=O)[nH]c(-c3ccccn3)nc12)N1CCC(c2ccccc2)C1.O=C(c1csc2c(=O)[nH]c(-c3ccccn3)nc12)N1CCOC(Cc2ccccc2)C1. The second kappa shape index (κ2) is 36.5. The Kier molecular flexibility index (Phi) is 24.1. The number of ether oxygens (including phenoxy) is 1. The summed E-state index contributed by atoms with van der Waals surface area (Å²) in [5, 5.41) is 6.95. The van der Waals surface area contributed by atoms with Crippen molar-refractivity contribution < 1.29 is 23.9 Å². The third kappa shape index (κ3) is 17.7. The summed E-state index contributed by atoms with van der Waals surface area (Å²) in [7, 11) is 0. The van der Waals surface area contributed by atoms with Crippen LogP contribution in [0.25, 0.3) is 86.9 Å². The summed E-state index contributed by atoms with van der Waals surface area (Å²) in [5.74, 6) is 1.45. The van der Waals surface area contributed by atoms with E-state index in [2.05, 4.69) is 144 Å². The summed E-state index contributed by atoms with van der Waals surface area (Å²) >= 11 is 4.99. The van der Waals surface area contributed by atoms with Gasteiger partial charge < -0.3 is 54.1 Å². The summed E-state index contributed by atoms with van der Waals surface area (Å²) in [4.78, 5) is 162. The van der Waals surface area contributed by atoms with Gasteiger partial charge in [-0.25, -0.2) is 19.9 Å². The number of anilines is 2. The van der Waals surface area contributed by atoms with Gasteiger partial charge in [-0.15, -0.1) is 45.3 Å². The van der Waals surface area contributed by atoms with Crippen LogP contribution in [0.3, 0.4) is 0 Å². The standard InChI is InChI=1S/2C23H21N5O2S.C23H20N4O3S.C22H18N4O2S/c1-15-5-4-6-16(13-15)27-9-11-28(12-10-27)23(30)17-14-31-20-19(17)25-21(26-22(20)29)18-7-2-3-8-24-18;1-15-6-2-3-8-18(15)27-10-12-28(13-11-27)23(30)16-14-31-20-19(16)25-21(26-22(20)29)17-7-4-5-9-24-17;28-22-20-19(25-21(26-22)18-8-4-5-9-24-18)17(14-31-20)23(29)27-10-11-30-16(13-27)12-15-6-2-1-3-7-15;27-21-19-18(24-20(25-21)17-8-4-5-10-23-17)16(13-29-19)22(28)26-11-9-15(12-26)14-6-2-1-3-7-14/h2-8,13-14H,9-12H2,1H3,(H,25,26,29);2-9,14H,10-13H2,1H3,(H,25,26,29);1-9,14,16H,10-13H2,(H,25,26,28);1-8,10,13,15H,9,11-12H2,(H,24,25,27). The van der Waals surface area contributed by atoms with Gasteiger partial charge >= 0.3 is 0 Å². The quantitative estimate of drug-likeness (QED) is 0.0833. The Balaban J connectivity index is 0.000000116. The topological polar surface area (TPSA) is 332 Å². The van der Waals surface area contributed by atoms with Gasteiger partial charge in [0.2, 0.25) is 0 Å². The highest BCUT2D eigenvalue weighted by Gasteiger charge is 2.34. The van der Waals surface area contributed by atoms with Crippen molar-refractivity contribution in [3.05, 3.63) is 314 Å². The molecule has 12 aromatic heterocycles. The number of morpholine rings is 1. The van der Waals surface area contributed by atoms with Crippen molar-refractivity contribution in [2.24, 2.45) is 0 Å². The number of para-hydroxylation sites is 1. The molecular formula is C91H80N18O9S4. The molecule has 31 heteroatoms. The van der Waals surface area contributed by atoms with Crippen LogP contribution >= 0.6 is 45.3 Å². The van der Waals surface area contributed by atoms with Crippen molar-refractivity contribution in [2.45, 2.75) is 38.7 Å². The van der Waals surface area contributed by atoms with Gasteiger partial charge in [-0.3, -0.25) is 58.3 Å². The molecule has 0 spiro atoms. The summed E-state index contributed by atoms with van der Waals surface area (Å²) in [6.07, 6.45) is 8.19. The number of hydrogen-bond donors (Lipinski definition) is 4.